The Bertz CT molecular complexity index is 443. The van der Waals surface area contributed by atoms with Gasteiger partial charge in [-0.05, 0) is 30.5 Å². The maximum absolute atomic E-state index is 11.8. The van der Waals surface area contributed by atoms with Crippen LogP contribution in [0.25, 0.3) is 0 Å². The van der Waals surface area contributed by atoms with E-state index in [9.17, 15) is 9.59 Å². The summed E-state index contributed by atoms with van der Waals surface area (Å²) >= 11 is 0. The van der Waals surface area contributed by atoms with Crippen molar-refractivity contribution in [3.63, 3.8) is 0 Å². The van der Waals surface area contributed by atoms with Gasteiger partial charge in [0, 0.05) is 19.3 Å². The third kappa shape index (κ3) is 5.73. The molecule has 110 valence electrons. The lowest BCUT2D eigenvalue weighted by Crippen LogP contribution is -2.33. The van der Waals surface area contributed by atoms with E-state index >= 15 is 0 Å². The summed E-state index contributed by atoms with van der Waals surface area (Å²) in [4.78, 5) is 23.6. The third-order valence-corrected chi connectivity index (χ3v) is 3.03. The highest BCUT2D eigenvalue weighted by Gasteiger charge is 2.10. The number of carbonyl (C=O) groups excluding carboxylic acids is 1. The smallest absolute Gasteiger partial charge is 0.321 e. The van der Waals surface area contributed by atoms with Crippen molar-refractivity contribution >= 4 is 17.7 Å². The minimum Gasteiger partial charge on any atom is -0.481 e. The molecule has 20 heavy (non-hydrogen) atoms. The molecule has 0 aliphatic rings. The van der Waals surface area contributed by atoms with Crippen LogP contribution >= 0.6 is 0 Å². The number of nitrogens with zero attached hydrogens (tertiary/aromatic N) is 1. The second-order valence-electron chi connectivity index (χ2n) is 4.80. The number of amides is 2. The molecule has 0 unspecified atom stereocenters. The van der Waals surface area contributed by atoms with E-state index in [1.807, 2.05) is 24.3 Å². The number of carboxylic acids is 1. The highest BCUT2D eigenvalue weighted by molar-refractivity contribution is 5.89. The van der Waals surface area contributed by atoms with Gasteiger partial charge in [0.05, 0.1) is 6.42 Å². The summed E-state index contributed by atoms with van der Waals surface area (Å²) in [6.45, 7) is 2.34. The number of aryl methyl sites for hydroxylation is 1. The van der Waals surface area contributed by atoms with Gasteiger partial charge in [-0.3, -0.25) is 4.79 Å². The van der Waals surface area contributed by atoms with Crippen molar-refractivity contribution in [2.24, 2.45) is 0 Å². The largest absolute Gasteiger partial charge is 0.481 e. The van der Waals surface area contributed by atoms with Crippen molar-refractivity contribution in [1.82, 2.24) is 4.90 Å². The number of carbonyl (C=O) groups is 2. The standard InChI is InChI=1S/C15H22N2O3/c1-3-4-5-12-6-8-13(9-7-12)16-15(20)17(2)11-10-14(18)19/h6-9H,3-5,10-11H2,1-2H3,(H,16,20)(H,18,19). The SMILES string of the molecule is CCCCc1ccc(NC(=O)N(C)CCC(=O)O)cc1. The third-order valence-electron chi connectivity index (χ3n) is 3.03. The Hall–Kier alpha value is -2.04. The molecule has 0 heterocycles. The first-order chi connectivity index (χ1) is 9.52. The van der Waals surface area contributed by atoms with E-state index in [0.717, 1.165) is 24.9 Å². The van der Waals surface area contributed by atoms with Crippen LogP contribution in [0.1, 0.15) is 31.7 Å². The first-order valence-corrected chi connectivity index (χ1v) is 6.85. The van der Waals surface area contributed by atoms with Crippen molar-refractivity contribution in [1.29, 1.82) is 0 Å². The van der Waals surface area contributed by atoms with Gasteiger partial charge in [-0.1, -0.05) is 25.5 Å². The number of unbranched alkanes of at least 4 members (excludes halogenated alkanes) is 1. The molecule has 1 aromatic rings. The summed E-state index contributed by atoms with van der Waals surface area (Å²) in [7, 11) is 1.58. The zero-order valence-corrected chi connectivity index (χ0v) is 12.1. The van der Waals surface area contributed by atoms with Crippen molar-refractivity contribution in [2.75, 3.05) is 18.9 Å². The number of hydrogen-bond donors (Lipinski definition) is 2. The van der Waals surface area contributed by atoms with Gasteiger partial charge in [0.15, 0.2) is 0 Å². The Morgan fingerprint density at radius 3 is 2.45 bits per heavy atom. The van der Waals surface area contributed by atoms with Gasteiger partial charge in [0.1, 0.15) is 0 Å². The second kappa shape index (κ2) is 8.19. The Kier molecular flexibility index (Phi) is 6.56. The van der Waals surface area contributed by atoms with Crippen LogP contribution in [0.4, 0.5) is 10.5 Å². The summed E-state index contributed by atoms with van der Waals surface area (Å²) in [6.07, 6.45) is 3.31. The molecular weight excluding hydrogens is 256 g/mol. The van der Waals surface area contributed by atoms with Crippen molar-refractivity contribution in [3.05, 3.63) is 29.8 Å². The second-order valence-corrected chi connectivity index (χ2v) is 4.80. The number of anilines is 1. The van der Waals surface area contributed by atoms with Crippen molar-refractivity contribution < 1.29 is 14.7 Å². The number of rotatable bonds is 7. The molecule has 0 radical (unpaired) electrons. The van der Waals surface area contributed by atoms with Crippen LogP contribution in [0.15, 0.2) is 24.3 Å². The maximum Gasteiger partial charge on any atom is 0.321 e. The van der Waals surface area contributed by atoms with E-state index in [4.69, 9.17) is 5.11 Å². The van der Waals surface area contributed by atoms with Gasteiger partial charge < -0.3 is 15.3 Å². The fraction of sp³-hybridized carbons (Fsp3) is 0.467. The lowest BCUT2D eigenvalue weighted by atomic mass is 10.1. The molecule has 0 spiro atoms. The maximum atomic E-state index is 11.8. The van der Waals surface area contributed by atoms with E-state index in [-0.39, 0.29) is 19.0 Å². The Labute approximate surface area is 119 Å². The van der Waals surface area contributed by atoms with Crippen LogP contribution in [-0.2, 0) is 11.2 Å². The average molecular weight is 278 g/mol. The molecule has 0 aliphatic carbocycles. The average Bonchev–Trinajstić information content (AvgIpc) is 2.43. The number of hydrogen-bond acceptors (Lipinski definition) is 2. The number of aliphatic carboxylic acids is 1. The highest BCUT2D eigenvalue weighted by Crippen LogP contribution is 2.12. The molecule has 2 N–H and O–H groups in total. The number of benzene rings is 1. The fourth-order valence-corrected chi connectivity index (χ4v) is 1.72. The highest BCUT2D eigenvalue weighted by atomic mass is 16.4. The predicted octanol–water partition coefficient (Wildman–Crippen LogP) is 2.97. The molecule has 0 aromatic heterocycles. The topological polar surface area (TPSA) is 69.6 Å². The summed E-state index contributed by atoms with van der Waals surface area (Å²) in [6, 6.07) is 7.44. The summed E-state index contributed by atoms with van der Waals surface area (Å²) in [5.41, 5.74) is 1.97. The van der Waals surface area contributed by atoms with Crippen LogP contribution < -0.4 is 5.32 Å². The molecule has 1 rings (SSSR count). The minimum atomic E-state index is -0.912. The summed E-state index contributed by atoms with van der Waals surface area (Å²) < 4.78 is 0. The number of urea groups is 1. The van der Waals surface area contributed by atoms with Crippen molar-refractivity contribution in [3.8, 4) is 0 Å². The quantitative estimate of drug-likeness (QED) is 0.805. The van der Waals surface area contributed by atoms with Crippen molar-refractivity contribution in [2.45, 2.75) is 32.6 Å². The van der Waals surface area contributed by atoms with Crippen LogP contribution in [0.2, 0.25) is 0 Å². The Morgan fingerprint density at radius 1 is 1.25 bits per heavy atom. The zero-order valence-electron chi connectivity index (χ0n) is 12.1. The van der Waals surface area contributed by atoms with Crippen LogP contribution in [-0.4, -0.2) is 35.6 Å². The van der Waals surface area contributed by atoms with Gasteiger partial charge in [-0.25, -0.2) is 4.79 Å². The molecular formula is C15H22N2O3. The number of carboxylic acid groups (broad SMARTS) is 1. The van der Waals surface area contributed by atoms with Gasteiger partial charge in [0.25, 0.3) is 0 Å². The minimum absolute atomic E-state index is 0.0557. The summed E-state index contributed by atoms with van der Waals surface area (Å²) in [5, 5.41) is 11.3. The Morgan fingerprint density at radius 2 is 1.90 bits per heavy atom. The van der Waals surface area contributed by atoms with Gasteiger partial charge in [-0.2, -0.15) is 0 Å². The van der Waals surface area contributed by atoms with E-state index in [2.05, 4.69) is 12.2 Å². The zero-order chi connectivity index (χ0) is 15.0. The van der Waals surface area contributed by atoms with Gasteiger partial charge >= 0.3 is 12.0 Å². The van der Waals surface area contributed by atoms with E-state index in [0.29, 0.717) is 0 Å². The van der Waals surface area contributed by atoms with E-state index < -0.39 is 5.97 Å². The van der Waals surface area contributed by atoms with Crippen LogP contribution in [0.3, 0.4) is 0 Å². The first-order valence-electron chi connectivity index (χ1n) is 6.85. The van der Waals surface area contributed by atoms with Gasteiger partial charge in [0.2, 0.25) is 0 Å². The van der Waals surface area contributed by atoms with Crippen LogP contribution in [0.5, 0.6) is 0 Å². The molecule has 2 amide bonds. The van der Waals surface area contributed by atoms with Crippen LogP contribution in [0, 0.1) is 0 Å². The molecule has 0 atom stereocenters. The lowest BCUT2D eigenvalue weighted by molar-refractivity contribution is -0.137. The molecule has 0 aliphatic heterocycles. The molecule has 0 saturated carbocycles. The monoisotopic (exact) mass is 278 g/mol. The molecule has 0 fully saturated rings. The normalized spacial score (nSPS) is 10.1. The molecule has 5 nitrogen and oxygen atoms in total. The van der Waals surface area contributed by atoms with E-state index in [1.54, 1.807) is 7.05 Å². The first kappa shape index (κ1) is 16.0. The Balaban J connectivity index is 2.46. The fourth-order valence-electron chi connectivity index (χ4n) is 1.72. The summed E-state index contributed by atoms with van der Waals surface area (Å²) in [5.74, 6) is -0.912. The van der Waals surface area contributed by atoms with Gasteiger partial charge in [-0.15, -0.1) is 0 Å². The number of nitrogens with one attached hydrogen (secondary N) is 1. The molecule has 0 saturated heterocycles. The van der Waals surface area contributed by atoms with E-state index in [1.165, 1.54) is 10.5 Å². The molecule has 0 bridgehead atoms. The predicted molar refractivity (Wildman–Crippen MR) is 79.0 cm³/mol. The molecule has 5 heteroatoms. The molecule has 1 aromatic carbocycles. The lowest BCUT2D eigenvalue weighted by Gasteiger charge is -2.17.